The van der Waals surface area contributed by atoms with Crippen LogP contribution in [-0.2, 0) is 5.41 Å². The van der Waals surface area contributed by atoms with Crippen LogP contribution in [0.1, 0.15) is 68.5 Å². The molecule has 0 heterocycles. The lowest BCUT2D eigenvalue weighted by atomic mass is 9.83. The summed E-state index contributed by atoms with van der Waals surface area (Å²) in [7, 11) is 0. The third-order valence-corrected chi connectivity index (χ3v) is 7.34. The molecular weight excluding hydrogens is 466 g/mol. The Hall–Kier alpha value is -3.96. The monoisotopic (exact) mass is 491 g/mol. The van der Waals surface area contributed by atoms with E-state index < -0.39 is 0 Å². The first-order chi connectivity index (χ1) is 17.2. The van der Waals surface area contributed by atoms with E-state index in [9.17, 15) is 14.4 Å². The van der Waals surface area contributed by atoms with Gasteiger partial charge in [0.15, 0.2) is 11.6 Å². The van der Waals surface area contributed by atoms with Crippen molar-refractivity contribution in [1.29, 1.82) is 0 Å². The molecule has 4 aromatic carbocycles. The molecule has 0 saturated heterocycles. The third-order valence-electron chi connectivity index (χ3n) is 6.27. The highest BCUT2D eigenvalue weighted by Gasteiger charge is 2.34. The normalized spacial score (nSPS) is 12.6. The van der Waals surface area contributed by atoms with E-state index >= 15 is 0 Å². The van der Waals surface area contributed by atoms with Crippen molar-refractivity contribution in [2.24, 2.45) is 0 Å². The van der Waals surface area contributed by atoms with Gasteiger partial charge in [-0.3, -0.25) is 14.4 Å². The molecule has 5 heteroatoms. The third kappa shape index (κ3) is 4.38. The lowest BCUT2D eigenvalue weighted by Crippen LogP contribution is -2.24. The highest BCUT2D eigenvalue weighted by atomic mass is 32.2. The molecular formula is C31H25NO3S. The van der Waals surface area contributed by atoms with Crippen molar-refractivity contribution in [2.75, 3.05) is 5.32 Å². The first kappa shape index (κ1) is 23.8. The second-order valence-corrected chi connectivity index (χ2v) is 10.9. The fourth-order valence-electron chi connectivity index (χ4n) is 4.31. The lowest BCUT2D eigenvalue weighted by Gasteiger charge is -2.23. The molecule has 0 radical (unpaired) electrons. The van der Waals surface area contributed by atoms with Crippen molar-refractivity contribution in [3.8, 4) is 0 Å². The minimum atomic E-state index is -0.333. The summed E-state index contributed by atoms with van der Waals surface area (Å²) in [6, 6.07) is 27.5. The molecule has 1 aliphatic rings. The van der Waals surface area contributed by atoms with E-state index in [4.69, 9.17) is 0 Å². The van der Waals surface area contributed by atoms with E-state index in [1.807, 2.05) is 42.5 Å². The molecule has 0 atom stereocenters. The number of carbonyl (C=O) groups is 3. The Labute approximate surface area is 214 Å². The molecule has 4 aromatic rings. The Morgan fingerprint density at radius 1 is 0.694 bits per heavy atom. The van der Waals surface area contributed by atoms with Gasteiger partial charge in [0.25, 0.3) is 5.91 Å². The van der Waals surface area contributed by atoms with Crippen molar-refractivity contribution in [1.82, 2.24) is 0 Å². The molecule has 1 aliphatic carbocycles. The van der Waals surface area contributed by atoms with Gasteiger partial charge in [0.1, 0.15) is 0 Å². The van der Waals surface area contributed by atoms with Crippen molar-refractivity contribution in [3.05, 3.63) is 124 Å². The Kier molecular flexibility index (Phi) is 6.10. The number of benzene rings is 4. The molecule has 1 amide bonds. The number of amides is 1. The van der Waals surface area contributed by atoms with E-state index in [2.05, 4.69) is 26.1 Å². The average molecular weight is 492 g/mol. The van der Waals surface area contributed by atoms with Crippen LogP contribution in [-0.4, -0.2) is 17.5 Å². The fourth-order valence-corrected chi connectivity index (χ4v) is 5.29. The van der Waals surface area contributed by atoms with Crippen LogP contribution in [0.5, 0.6) is 0 Å². The SMILES string of the molecule is CC(C)(C)c1ccc(C(=O)Nc2ccc(Sc3ccccc3)c3c2C(=O)c2ccccc2C3=O)cc1. The van der Waals surface area contributed by atoms with Crippen LogP contribution in [0, 0.1) is 0 Å². The zero-order chi connectivity index (χ0) is 25.4. The molecule has 36 heavy (non-hydrogen) atoms. The Bertz CT molecular complexity index is 1500. The van der Waals surface area contributed by atoms with Crippen molar-refractivity contribution < 1.29 is 14.4 Å². The van der Waals surface area contributed by atoms with E-state index in [1.54, 1.807) is 48.5 Å². The fraction of sp³-hybridized carbons (Fsp3) is 0.129. The van der Waals surface area contributed by atoms with Gasteiger partial charge >= 0.3 is 0 Å². The van der Waals surface area contributed by atoms with Gasteiger partial charge in [-0.25, -0.2) is 0 Å². The van der Waals surface area contributed by atoms with Gasteiger partial charge in [-0.15, -0.1) is 0 Å². The Morgan fingerprint density at radius 3 is 1.89 bits per heavy atom. The maximum absolute atomic E-state index is 13.6. The van der Waals surface area contributed by atoms with Crippen LogP contribution in [0.3, 0.4) is 0 Å². The first-order valence-electron chi connectivity index (χ1n) is 11.7. The quantitative estimate of drug-likeness (QED) is 0.290. The van der Waals surface area contributed by atoms with Crippen LogP contribution < -0.4 is 5.32 Å². The zero-order valence-electron chi connectivity index (χ0n) is 20.3. The second-order valence-electron chi connectivity index (χ2n) is 9.76. The molecule has 0 bridgehead atoms. The van der Waals surface area contributed by atoms with Gasteiger partial charge in [0.05, 0.1) is 11.3 Å². The summed E-state index contributed by atoms with van der Waals surface area (Å²) in [4.78, 5) is 42.1. The summed E-state index contributed by atoms with van der Waals surface area (Å²) in [6.07, 6.45) is 0. The molecule has 0 spiro atoms. The summed E-state index contributed by atoms with van der Waals surface area (Å²) < 4.78 is 0. The molecule has 178 valence electrons. The van der Waals surface area contributed by atoms with E-state index in [1.165, 1.54) is 11.8 Å². The van der Waals surface area contributed by atoms with Crippen LogP contribution in [0.4, 0.5) is 5.69 Å². The maximum atomic E-state index is 13.6. The van der Waals surface area contributed by atoms with Gasteiger partial charge in [0, 0.05) is 32.0 Å². The number of hydrogen-bond donors (Lipinski definition) is 1. The van der Waals surface area contributed by atoms with E-state index in [-0.39, 0.29) is 28.5 Å². The van der Waals surface area contributed by atoms with Crippen LogP contribution in [0.2, 0.25) is 0 Å². The minimum Gasteiger partial charge on any atom is -0.321 e. The van der Waals surface area contributed by atoms with Crippen LogP contribution in [0.15, 0.2) is 101 Å². The number of ketones is 2. The summed E-state index contributed by atoms with van der Waals surface area (Å²) in [5.41, 5.74) is 3.20. The molecule has 4 nitrogen and oxygen atoms in total. The van der Waals surface area contributed by atoms with Crippen molar-refractivity contribution >= 4 is 34.9 Å². The Morgan fingerprint density at radius 2 is 1.28 bits per heavy atom. The van der Waals surface area contributed by atoms with E-state index in [0.717, 1.165) is 10.5 Å². The molecule has 1 N–H and O–H groups in total. The summed E-state index contributed by atoms with van der Waals surface area (Å²) in [5, 5.41) is 2.90. The predicted molar refractivity (Wildman–Crippen MR) is 143 cm³/mol. The topological polar surface area (TPSA) is 63.2 Å². The highest BCUT2D eigenvalue weighted by Crippen LogP contribution is 2.40. The minimum absolute atomic E-state index is 0.0273. The number of nitrogens with one attached hydrogen (secondary N) is 1. The van der Waals surface area contributed by atoms with Gasteiger partial charge in [-0.1, -0.05) is 87.1 Å². The number of anilines is 1. The lowest BCUT2D eigenvalue weighted by molar-refractivity contribution is 0.0976. The molecule has 0 fully saturated rings. The zero-order valence-corrected chi connectivity index (χ0v) is 21.1. The van der Waals surface area contributed by atoms with E-state index in [0.29, 0.717) is 32.8 Å². The Balaban J connectivity index is 1.57. The van der Waals surface area contributed by atoms with Gasteiger partial charge in [-0.2, -0.15) is 0 Å². The molecule has 5 rings (SSSR count). The average Bonchev–Trinajstić information content (AvgIpc) is 2.88. The first-order valence-corrected chi connectivity index (χ1v) is 12.6. The smallest absolute Gasteiger partial charge is 0.255 e. The van der Waals surface area contributed by atoms with Gasteiger partial charge in [-0.05, 0) is 47.4 Å². The van der Waals surface area contributed by atoms with Gasteiger partial charge in [0.2, 0.25) is 0 Å². The maximum Gasteiger partial charge on any atom is 0.255 e. The predicted octanol–water partition coefficient (Wildman–Crippen LogP) is 7.16. The summed E-state index contributed by atoms with van der Waals surface area (Å²) in [6.45, 7) is 6.34. The largest absolute Gasteiger partial charge is 0.321 e. The van der Waals surface area contributed by atoms with Crippen LogP contribution in [0.25, 0.3) is 0 Å². The number of rotatable bonds is 4. The van der Waals surface area contributed by atoms with Crippen molar-refractivity contribution in [3.63, 3.8) is 0 Å². The van der Waals surface area contributed by atoms with Crippen LogP contribution >= 0.6 is 11.8 Å². The molecule has 0 saturated carbocycles. The number of carbonyl (C=O) groups excluding carboxylic acids is 3. The molecule has 0 aromatic heterocycles. The standard InChI is InChI=1S/C31H25NO3S/c1-31(2,3)20-15-13-19(14-16-20)30(35)32-24-17-18-25(36-21-9-5-4-6-10-21)27-26(24)28(33)22-11-7-8-12-23(22)29(27)34/h4-18H,1-3H3,(H,32,35). The van der Waals surface area contributed by atoms with Crippen molar-refractivity contribution in [2.45, 2.75) is 36.0 Å². The number of hydrogen-bond acceptors (Lipinski definition) is 4. The highest BCUT2D eigenvalue weighted by molar-refractivity contribution is 7.99. The molecule has 0 aliphatic heterocycles. The summed E-state index contributed by atoms with van der Waals surface area (Å²) in [5.74, 6) is -0.821. The van der Waals surface area contributed by atoms with Gasteiger partial charge < -0.3 is 5.32 Å². The second kappa shape index (κ2) is 9.25. The number of fused-ring (bicyclic) bond motifs is 2. The molecule has 0 unspecified atom stereocenters. The summed E-state index contributed by atoms with van der Waals surface area (Å²) >= 11 is 1.42.